The molecule has 7 nitrogen and oxygen atoms in total. The lowest BCUT2D eigenvalue weighted by atomic mass is 10.1. The van der Waals surface area contributed by atoms with Gasteiger partial charge in [-0.15, -0.1) is 0 Å². The molecule has 0 saturated carbocycles. The molecule has 10 heteroatoms. The van der Waals surface area contributed by atoms with Crippen molar-refractivity contribution in [2.45, 2.75) is 38.6 Å². The summed E-state index contributed by atoms with van der Waals surface area (Å²) >= 11 is 0. The Hall–Kier alpha value is -3.69. The zero-order valence-electron chi connectivity index (χ0n) is 17.7. The van der Waals surface area contributed by atoms with Crippen molar-refractivity contribution in [1.29, 1.82) is 0 Å². The molecule has 176 valence electrons. The second-order valence-corrected chi connectivity index (χ2v) is 7.07. The number of Topliss-reactive ketones (excluding diaryl/α,β-unsaturated/α-hetero) is 2. The summed E-state index contributed by atoms with van der Waals surface area (Å²) in [6.07, 6.45) is -5.71. The molecule has 2 aromatic carbocycles. The van der Waals surface area contributed by atoms with E-state index in [9.17, 15) is 32.3 Å². The third-order valence-corrected chi connectivity index (χ3v) is 4.53. The summed E-state index contributed by atoms with van der Waals surface area (Å²) in [5, 5.41) is 2.37. The van der Waals surface area contributed by atoms with Gasteiger partial charge < -0.3 is 14.8 Å². The lowest BCUT2D eigenvalue weighted by Gasteiger charge is -2.15. The number of alkyl carbamates (subject to hydrolysis) is 1. The number of esters is 1. The van der Waals surface area contributed by atoms with E-state index in [4.69, 9.17) is 9.47 Å². The lowest BCUT2D eigenvalue weighted by molar-refractivity contribution is -0.142. The Morgan fingerprint density at radius 3 is 2.15 bits per heavy atom. The molecule has 0 aliphatic carbocycles. The predicted octanol–water partition coefficient (Wildman–Crippen LogP) is 4.10. The molecule has 1 amide bonds. The summed E-state index contributed by atoms with van der Waals surface area (Å²) in [7, 11) is 0. The van der Waals surface area contributed by atoms with Crippen molar-refractivity contribution in [2.24, 2.45) is 0 Å². The Morgan fingerprint density at radius 2 is 1.58 bits per heavy atom. The maximum absolute atomic E-state index is 12.6. The number of benzene rings is 2. The van der Waals surface area contributed by atoms with E-state index in [0.717, 1.165) is 29.8 Å². The van der Waals surface area contributed by atoms with Crippen LogP contribution in [0.25, 0.3) is 0 Å². The summed E-state index contributed by atoms with van der Waals surface area (Å²) in [6, 6.07) is 11.4. The van der Waals surface area contributed by atoms with Gasteiger partial charge in [-0.25, -0.2) is 4.79 Å². The van der Waals surface area contributed by atoms with Crippen molar-refractivity contribution in [3.8, 4) is 0 Å². The first-order valence-corrected chi connectivity index (χ1v) is 9.90. The number of nitrogens with one attached hydrogen (secondary N) is 1. The second kappa shape index (κ2) is 11.8. The smallest absolute Gasteiger partial charge is 0.416 e. The van der Waals surface area contributed by atoms with Crippen molar-refractivity contribution in [2.75, 3.05) is 6.61 Å². The minimum absolute atomic E-state index is 0.00536. The van der Waals surface area contributed by atoms with Crippen molar-refractivity contribution >= 4 is 23.6 Å². The van der Waals surface area contributed by atoms with Gasteiger partial charge in [-0.05, 0) is 31.0 Å². The SMILES string of the molecule is CC(=O)C(CCC(=O)OCC(=O)c1ccc(C(F)(F)F)cc1)NC(=O)OCc1ccccc1. The lowest BCUT2D eigenvalue weighted by Crippen LogP contribution is -2.40. The number of rotatable bonds is 10. The number of halogens is 3. The van der Waals surface area contributed by atoms with Crippen molar-refractivity contribution in [3.63, 3.8) is 0 Å². The molecule has 0 radical (unpaired) electrons. The van der Waals surface area contributed by atoms with E-state index >= 15 is 0 Å². The number of alkyl halides is 3. The molecule has 0 aromatic heterocycles. The fraction of sp³-hybridized carbons (Fsp3) is 0.304. The van der Waals surface area contributed by atoms with E-state index in [2.05, 4.69) is 5.32 Å². The van der Waals surface area contributed by atoms with Crippen LogP contribution in [0, 0.1) is 0 Å². The fourth-order valence-corrected chi connectivity index (χ4v) is 2.69. The van der Waals surface area contributed by atoms with Gasteiger partial charge in [-0.3, -0.25) is 14.4 Å². The molecule has 0 bridgehead atoms. The zero-order chi connectivity index (χ0) is 24.4. The van der Waals surface area contributed by atoms with Gasteiger partial charge in [-0.1, -0.05) is 42.5 Å². The quantitative estimate of drug-likeness (QED) is 0.419. The number of hydrogen-bond donors (Lipinski definition) is 1. The van der Waals surface area contributed by atoms with E-state index in [1.165, 1.54) is 6.92 Å². The largest absolute Gasteiger partial charge is 0.457 e. The van der Waals surface area contributed by atoms with Gasteiger partial charge in [0.25, 0.3) is 0 Å². The number of carbonyl (C=O) groups is 4. The van der Waals surface area contributed by atoms with Gasteiger partial charge in [0, 0.05) is 12.0 Å². The van der Waals surface area contributed by atoms with Crippen LogP contribution in [0.15, 0.2) is 54.6 Å². The summed E-state index contributed by atoms with van der Waals surface area (Å²) in [6.45, 7) is 0.578. The van der Waals surface area contributed by atoms with Gasteiger partial charge in [0.2, 0.25) is 0 Å². The third-order valence-electron chi connectivity index (χ3n) is 4.53. The van der Waals surface area contributed by atoms with E-state index in [1.807, 2.05) is 6.07 Å². The minimum atomic E-state index is -4.52. The van der Waals surface area contributed by atoms with Crippen LogP contribution in [-0.2, 0) is 31.8 Å². The summed E-state index contributed by atoms with van der Waals surface area (Å²) in [4.78, 5) is 47.6. The topological polar surface area (TPSA) is 98.8 Å². The van der Waals surface area contributed by atoms with Gasteiger partial charge in [0.05, 0.1) is 11.6 Å². The number of carbonyl (C=O) groups excluding carboxylic acids is 4. The van der Waals surface area contributed by atoms with Crippen LogP contribution in [0.4, 0.5) is 18.0 Å². The summed E-state index contributed by atoms with van der Waals surface area (Å²) in [5.74, 6) is -1.89. The maximum atomic E-state index is 12.6. The van der Waals surface area contributed by atoms with Crippen molar-refractivity contribution < 1.29 is 41.8 Å². The number of ketones is 2. The average Bonchev–Trinajstić information content (AvgIpc) is 2.78. The first-order chi connectivity index (χ1) is 15.6. The zero-order valence-corrected chi connectivity index (χ0v) is 17.7. The van der Waals surface area contributed by atoms with E-state index < -0.39 is 48.0 Å². The molecule has 1 unspecified atom stereocenters. The molecule has 0 heterocycles. The van der Waals surface area contributed by atoms with Crippen LogP contribution < -0.4 is 5.32 Å². The van der Waals surface area contributed by atoms with E-state index in [-0.39, 0.29) is 25.0 Å². The Morgan fingerprint density at radius 1 is 0.939 bits per heavy atom. The normalized spacial score (nSPS) is 11.9. The van der Waals surface area contributed by atoms with Crippen LogP contribution in [-0.4, -0.2) is 36.3 Å². The fourth-order valence-electron chi connectivity index (χ4n) is 2.69. The Kier molecular flexibility index (Phi) is 9.14. The highest BCUT2D eigenvalue weighted by molar-refractivity contribution is 5.98. The molecule has 0 aliphatic rings. The molecule has 1 atom stereocenters. The molecule has 0 saturated heterocycles. The van der Waals surface area contributed by atoms with Crippen LogP contribution >= 0.6 is 0 Å². The molecular weight excluding hydrogens is 443 g/mol. The monoisotopic (exact) mass is 465 g/mol. The highest BCUT2D eigenvalue weighted by Crippen LogP contribution is 2.29. The summed E-state index contributed by atoms with van der Waals surface area (Å²) in [5.41, 5.74) is -0.185. The standard InChI is InChI=1S/C23H22F3NO6/c1-15(28)19(27-22(31)33-13-16-5-3-2-4-6-16)11-12-21(30)32-14-20(29)17-7-9-18(10-8-17)23(24,25)26/h2-10,19H,11-14H2,1H3,(H,27,31). The van der Waals surface area contributed by atoms with Crippen LogP contribution in [0.5, 0.6) is 0 Å². The van der Waals surface area contributed by atoms with Crippen LogP contribution in [0.3, 0.4) is 0 Å². The highest BCUT2D eigenvalue weighted by Gasteiger charge is 2.30. The second-order valence-electron chi connectivity index (χ2n) is 7.07. The van der Waals surface area contributed by atoms with Crippen molar-refractivity contribution in [3.05, 3.63) is 71.3 Å². The molecule has 33 heavy (non-hydrogen) atoms. The third kappa shape index (κ3) is 8.76. The summed E-state index contributed by atoms with van der Waals surface area (Å²) < 4.78 is 47.6. The molecule has 0 fully saturated rings. The average molecular weight is 465 g/mol. The number of amides is 1. The number of hydrogen-bond acceptors (Lipinski definition) is 6. The molecule has 0 spiro atoms. The Labute approximate surface area is 187 Å². The van der Waals surface area contributed by atoms with Gasteiger partial charge in [0.15, 0.2) is 18.2 Å². The van der Waals surface area contributed by atoms with Gasteiger partial charge in [0.1, 0.15) is 6.61 Å². The van der Waals surface area contributed by atoms with E-state index in [1.54, 1.807) is 24.3 Å². The highest BCUT2D eigenvalue weighted by atomic mass is 19.4. The van der Waals surface area contributed by atoms with E-state index in [0.29, 0.717) is 0 Å². The molecule has 2 aromatic rings. The predicted molar refractivity (Wildman–Crippen MR) is 110 cm³/mol. The van der Waals surface area contributed by atoms with Crippen LogP contribution in [0.1, 0.15) is 41.3 Å². The minimum Gasteiger partial charge on any atom is -0.457 e. The first-order valence-electron chi connectivity index (χ1n) is 9.90. The molecular formula is C23H22F3NO6. The Balaban J connectivity index is 1.76. The number of ether oxygens (including phenoxy) is 2. The van der Waals surface area contributed by atoms with Gasteiger partial charge in [-0.2, -0.15) is 13.2 Å². The van der Waals surface area contributed by atoms with Crippen molar-refractivity contribution in [1.82, 2.24) is 5.32 Å². The Bertz CT molecular complexity index is 974. The first kappa shape index (κ1) is 25.6. The molecule has 0 aliphatic heterocycles. The molecule has 1 N–H and O–H groups in total. The maximum Gasteiger partial charge on any atom is 0.416 e. The van der Waals surface area contributed by atoms with Crippen LogP contribution in [0.2, 0.25) is 0 Å². The van der Waals surface area contributed by atoms with Gasteiger partial charge >= 0.3 is 18.2 Å². The molecule has 2 rings (SSSR count).